The van der Waals surface area contributed by atoms with Gasteiger partial charge in [0.25, 0.3) is 0 Å². The lowest BCUT2D eigenvalue weighted by molar-refractivity contribution is 0.663. The zero-order valence-corrected chi connectivity index (χ0v) is 36.0. The standard InChI is InChI=1S/C58H48N2O2/c1-35(2)39-19-17-37(5)52(31-39)59(45-13-9-7-10-14-45)47-23-21-41-29-50-49-25-26-54-57(58(49)62-55(50)33-43(41)27-47)51-30-42-22-24-48(28-44(42)34-56(51)61-54)60(46-15-11-8-12-16-46)53-32-40(36(3)4)20-18-38(53)6/h7-36H,1-6H3. The Morgan fingerprint density at radius 3 is 1.39 bits per heavy atom. The lowest BCUT2D eigenvalue weighted by Gasteiger charge is -2.28. The van der Waals surface area contributed by atoms with Gasteiger partial charge in [0.15, 0.2) is 0 Å². The largest absolute Gasteiger partial charge is 0.456 e. The molecule has 2 aromatic heterocycles. The second-order valence-electron chi connectivity index (χ2n) is 17.5. The van der Waals surface area contributed by atoms with Crippen molar-refractivity contribution in [2.75, 3.05) is 9.80 Å². The van der Waals surface area contributed by atoms with Crippen LogP contribution < -0.4 is 9.80 Å². The lowest BCUT2D eigenvalue weighted by atomic mass is 9.99. The molecule has 0 aliphatic heterocycles. The summed E-state index contributed by atoms with van der Waals surface area (Å²) in [6.07, 6.45) is 0. The van der Waals surface area contributed by atoms with Crippen molar-refractivity contribution in [3.63, 3.8) is 0 Å². The van der Waals surface area contributed by atoms with Crippen LogP contribution in [0.15, 0.2) is 179 Å². The van der Waals surface area contributed by atoms with E-state index in [1.54, 1.807) is 0 Å². The number of benzene rings is 9. The van der Waals surface area contributed by atoms with Gasteiger partial charge in [-0.2, -0.15) is 0 Å². The molecule has 0 saturated carbocycles. The quantitative estimate of drug-likeness (QED) is 0.153. The number of nitrogens with zero attached hydrogens (tertiary/aromatic N) is 2. The molecule has 0 bridgehead atoms. The predicted octanol–water partition coefficient (Wildman–Crippen LogP) is 17.6. The fourth-order valence-corrected chi connectivity index (χ4v) is 9.29. The Morgan fingerprint density at radius 1 is 0.371 bits per heavy atom. The molecule has 0 atom stereocenters. The summed E-state index contributed by atoms with van der Waals surface area (Å²) in [7, 11) is 0. The molecule has 0 amide bonds. The highest BCUT2D eigenvalue weighted by Gasteiger charge is 2.21. The molecule has 11 aromatic rings. The van der Waals surface area contributed by atoms with E-state index < -0.39 is 0 Å². The topological polar surface area (TPSA) is 32.8 Å². The van der Waals surface area contributed by atoms with Crippen LogP contribution in [0.3, 0.4) is 0 Å². The van der Waals surface area contributed by atoms with Gasteiger partial charge < -0.3 is 18.6 Å². The smallest absolute Gasteiger partial charge is 0.147 e. The average molecular weight is 805 g/mol. The molecule has 0 aliphatic rings. The van der Waals surface area contributed by atoms with Gasteiger partial charge in [-0.25, -0.2) is 0 Å². The van der Waals surface area contributed by atoms with E-state index in [2.05, 4.69) is 221 Å². The van der Waals surface area contributed by atoms with E-state index in [9.17, 15) is 0 Å². The number of furan rings is 2. The maximum Gasteiger partial charge on any atom is 0.147 e. The highest BCUT2D eigenvalue weighted by Crippen LogP contribution is 2.45. The van der Waals surface area contributed by atoms with Crippen molar-refractivity contribution < 1.29 is 8.83 Å². The number of hydrogen-bond acceptors (Lipinski definition) is 4. The molecule has 11 rings (SSSR count). The third-order valence-corrected chi connectivity index (χ3v) is 12.8. The minimum absolute atomic E-state index is 0.425. The van der Waals surface area contributed by atoms with Crippen LogP contribution in [0.4, 0.5) is 34.1 Å². The Labute approximate surface area is 362 Å². The predicted molar refractivity (Wildman–Crippen MR) is 263 cm³/mol. The number of aryl methyl sites for hydroxylation is 2. The van der Waals surface area contributed by atoms with Crippen LogP contribution in [-0.2, 0) is 0 Å². The van der Waals surface area contributed by atoms with E-state index in [0.29, 0.717) is 11.8 Å². The van der Waals surface area contributed by atoms with Gasteiger partial charge in [-0.3, -0.25) is 0 Å². The summed E-state index contributed by atoms with van der Waals surface area (Å²) in [6.45, 7) is 13.4. The molecule has 0 fully saturated rings. The minimum Gasteiger partial charge on any atom is -0.456 e. The van der Waals surface area contributed by atoms with E-state index in [0.717, 1.165) is 82.8 Å². The molecular weight excluding hydrogens is 757 g/mol. The van der Waals surface area contributed by atoms with Crippen LogP contribution in [-0.4, -0.2) is 0 Å². The highest BCUT2D eigenvalue weighted by atomic mass is 16.3. The van der Waals surface area contributed by atoms with Gasteiger partial charge in [0, 0.05) is 50.3 Å². The van der Waals surface area contributed by atoms with Crippen LogP contribution in [0.1, 0.15) is 61.8 Å². The highest BCUT2D eigenvalue weighted by molar-refractivity contribution is 6.24. The van der Waals surface area contributed by atoms with Crippen molar-refractivity contribution >= 4 is 99.5 Å². The Bertz CT molecular complexity index is 3500. The van der Waals surface area contributed by atoms with Gasteiger partial charge in [-0.15, -0.1) is 0 Å². The summed E-state index contributed by atoms with van der Waals surface area (Å²) in [5, 5.41) is 8.79. The van der Waals surface area contributed by atoms with Gasteiger partial charge in [-0.1, -0.05) is 100 Å². The Hall–Kier alpha value is -7.30. The maximum absolute atomic E-state index is 6.89. The number of fused-ring (bicyclic) bond motifs is 9. The molecule has 62 heavy (non-hydrogen) atoms. The molecule has 4 nitrogen and oxygen atoms in total. The third-order valence-electron chi connectivity index (χ3n) is 12.8. The van der Waals surface area contributed by atoms with E-state index in [4.69, 9.17) is 8.83 Å². The fraction of sp³-hybridized carbons (Fsp3) is 0.138. The SMILES string of the molecule is Cc1ccc(C(C)C)cc1N(c1ccccc1)c1ccc2cc3c(cc2c1)oc1c3ccc2oc3cc4cc(N(c5ccccc5)c5cc(C(C)C)ccc5C)ccc4cc3c21. The molecule has 302 valence electrons. The normalized spacial score (nSPS) is 12.0. The first-order valence-corrected chi connectivity index (χ1v) is 21.8. The average Bonchev–Trinajstić information content (AvgIpc) is 3.83. The molecule has 4 heteroatoms. The van der Waals surface area contributed by atoms with E-state index in [-0.39, 0.29) is 0 Å². The summed E-state index contributed by atoms with van der Waals surface area (Å²) in [6, 6.07) is 61.7. The summed E-state index contributed by atoms with van der Waals surface area (Å²) in [4.78, 5) is 4.75. The number of hydrogen-bond donors (Lipinski definition) is 0. The number of anilines is 6. The van der Waals surface area contributed by atoms with Crippen LogP contribution in [0, 0.1) is 13.8 Å². The summed E-state index contributed by atoms with van der Waals surface area (Å²) < 4.78 is 13.5. The Morgan fingerprint density at radius 2 is 0.871 bits per heavy atom. The molecule has 0 unspecified atom stereocenters. The molecule has 0 spiro atoms. The Balaban J connectivity index is 1.03. The van der Waals surface area contributed by atoms with Crippen molar-refractivity contribution in [3.8, 4) is 0 Å². The van der Waals surface area contributed by atoms with Crippen LogP contribution in [0.2, 0.25) is 0 Å². The van der Waals surface area contributed by atoms with Crippen molar-refractivity contribution in [1.82, 2.24) is 0 Å². The monoisotopic (exact) mass is 804 g/mol. The lowest BCUT2D eigenvalue weighted by Crippen LogP contribution is -2.12. The zero-order valence-electron chi connectivity index (χ0n) is 36.0. The summed E-state index contributed by atoms with van der Waals surface area (Å²) >= 11 is 0. The minimum atomic E-state index is 0.425. The van der Waals surface area contributed by atoms with Crippen LogP contribution >= 0.6 is 0 Å². The maximum atomic E-state index is 6.89. The van der Waals surface area contributed by atoms with Gasteiger partial charge in [0.2, 0.25) is 0 Å². The van der Waals surface area contributed by atoms with Crippen LogP contribution in [0.25, 0.3) is 65.4 Å². The van der Waals surface area contributed by atoms with Gasteiger partial charge in [0.1, 0.15) is 22.3 Å². The third kappa shape index (κ3) is 6.29. The Kier molecular flexibility index (Phi) is 8.94. The van der Waals surface area contributed by atoms with E-state index >= 15 is 0 Å². The first-order chi connectivity index (χ1) is 30.2. The van der Waals surface area contributed by atoms with Gasteiger partial charge >= 0.3 is 0 Å². The van der Waals surface area contributed by atoms with Crippen molar-refractivity contribution in [2.45, 2.75) is 53.4 Å². The second-order valence-corrected chi connectivity index (χ2v) is 17.5. The fourth-order valence-electron chi connectivity index (χ4n) is 9.29. The van der Waals surface area contributed by atoms with Gasteiger partial charge in [0.05, 0.1) is 5.39 Å². The first kappa shape index (κ1) is 37.7. The molecular formula is C58H48N2O2. The zero-order chi connectivity index (χ0) is 42.2. The molecule has 0 saturated heterocycles. The first-order valence-electron chi connectivity index (χ1n) is 21.8. The second kappa shape index (κ2) is 14.7. The molecule has 0 aliphatic carbocycles. The number of para-hydroxylation sites is 2. The molecule has 0 radical (unpaired) electrons. The molecule has 2 heterocycles. The van der Waals surface area contributed by atoms with Crippen molar-refractivity contribution in [2.24, 2.45) is 0 Å². The summed E-state index contributed by atoms with van der Waals surface area (Å²) in [5.41, 5.74) is 15.3. The van der Waals surface area contributed by atoms with Gasteiger partial charge in [-0.05, 0) is 167 Å². The summed E-state index contributed by atoms with van der Waals surface area (Å²) in [5.74, 6) is 0.850. The van der Waals surface area contributed by atoms with Crippen molar-refractivity contribution in [3.05, 3.63) is 192 Å². The van der Waals surface area contributed by atoms with Crippen molar-refractivity contribution in [1.29, 1.82) is 0 Å². The molecule has 0 N–H and O–H groups in total. The van der Waals surface area contributed by atoms with E-state index in [1.807, 2.05) is 0 Å². The van der Waals surface area contributed by atoms with Crippen LogP contribution in [0.5, 0.6) is 0 Å². The number of rotatable bonds is 8. The van der Waals surface area contributed by atoms with E-state index in [1.165, 1.54) is 39.0 Å². The molecule has 9 aromatic carbocycles.